The predicted molar refractivity (Wildman–Crippen MR) is 77.8 cm³/mol. The zero-order valence-corrected chi connectivity index (χ0v) is 12.4. The number of nitrogens with zero attached hydrogens (tertiary/aromatic N) is 2. The number of hydrogen-bond acceptors (Lipinski definition) is 4. The minimum atomic E-state index is -0.168. The topological polar surface area (TPSA) is 104 Å². The number of carbonyl (C=O) groups is 1. The van der Waals surface area contributed by atoms with Crippen molar-refractivity contribution in [1.29, 1.82) is 0 Å². The lowest BCUT2D eigenvalue weighted by molar-refractivity contribution is -0.121. The van der Waals surface area contributed by atoms with Crippen LogP contribution in [0.25, 0.3) is 0 Å². The minimum absolute atomic E-state index is 0.102. The normalized spacial score (nSPS) is 10.6. The molecule has 0 spiro atoms. The Kier molecular flexibility index (Phi) is 4.52. The molecule has 0 bridgehead atoms. The van der Waals surface area contributed by atoms with E-state index in [1.807, 2.05) is 6.92 Å². The molecule has 7 nitrogen and oxygen atoms in total. The van der Waals surface area contributed by atoms with E-state index in [2.05, 4.69) is 25.5 Å². The van der Waals surface area contributed by atoms with Gasteiger partial charge in [0.15, 0.2) is 0 Å². The molecule has 2 aromatic rings. The molecule has 0 aromatic carbocycles. The second-order valence-electron chi connectivity index (χ2n) is 5.01. The average Bonchev–Trinajstić information content (AvgIpc) is 2.80. The number of rotatable bonds is 5. The minimum Gasteiger partial charge on any atom is -0.352 e. The van der Waals surface area contributed by atoms with Crippen LogP contribution in [-0.4, -0.2) is 26.1 Å². The largest absolute Gasteiger partial charge is 0.352 e. The summed E-state index contributed by atoms with van der Waals surface area (Å²) in [5.74, 6) is 0.483. The summed E-state index contributed by atoms with van der Waals surface area (Å²) in [5, 5.41) is 9.52. The first-order chi connectivity index (χ1) is 9.97. The fourth-order valence-electron chi connectivity index (χ4n) is 2.12. The number of H-pyrrole nitrogens is 2. The predicted octanol–water partition coefficient (Wildman–Crippen LogP) is 0.667. The van der Waals surface area contributed by atoms with Crippen LogP contribution < -0.4 is 10.9 Å². The number of aryl methyl sites for hydroxylation is 3. The van der Waals surface area contributed by atoms with Gasteiger partial charge in [-0.25, -0.2) is 4.98 Å². The third-order valence-corrected chi connectivity index (χ3v) is 3.35. The summed E-state index contributed by atoms with van der Waals surface area (Å²) in [6, 6.07) is 0. The average molecular weight is 289 g/mol. The quantitative estimate of drug-likeness (QED) is 0.752. The number of aromatic amines is 2. The number of carbonyl (C=O) groups excluding carboxylic acids is 1. The molecule has 0 saturated carbocycles. The van der Waals surface area contributed by atoms with E-state index in [-0.39, 0.29) is 17.9 Å². The van der Waals surface area contributed by atoms with Crippen molar-refractivity contribution in [3.05, 3.63) is 44.9 Å². The number of aromatic nitrogens is 4. The van der Waals surface area contributed by atoms with Crippen LogP contribution in [0.4, 0.5) is 0 Å². The Balaban J connectivity index is 1.90. The smallest absolute Gasteiger partial charge is 0.254 e. The van der Waals surface area contributed by atoms with Crippen molar-refractivity contribution in [3.8, 4) is 0 Å². The van der Waals surface area contributed by atoms with Gasteiger partial charge in [-0.3, -0.25) is 14.7 Å². The van der Waals surface area contributed by atoms with Gasteiger partial charge in [-0.1, -0.05) is 0 Å². The van der Waals surface area contributed by atoms with Crippen LogP contribution in [0.15, 0.2) is 11.0 Å². The molecule has 0 aliphatic carbocycles. The molecule has 2 aromatic heterocycles. The van der Waals surface area contributed by atoms with Crippen LogP contribution in [0.1, 0.15) is 34.8 Å². The van der Waals surface area contributed by atoms with Gasteiger partial charge >= 0.3 is 0 Å². The van der Waals surface area contributed by atoms with Gasteiger partial charge in [0.25, 0.3) is 5.56 Å². The fourth-order valence-corrected chi connectivity index (χ4v) is 2.12. The zero-order chi connectivity index (χ0) is 15.4. The summed E-state index contributed by atoms with van der Waals surface area (Å²) >= 11 is 0. The molecule has 0 saturated heterocycles. The lowest BCUT2D eigenvalue weighted by atomic mass is 10.1. The first kappa shape index (κ1) is 15.0. The molecule has 112 valence electrons. The summed E-state index contributed by atoms with van der Waals surface area (Å²) in [5.41, 5.74) is 2.96. The molecule has 0 fully saturated rings. The van der Waals surface area contributed by atoms with Gasteiger partial charge in [-0.2, -0.15) is 5.10 Å². The van der Waals surface area contributed by atoms with Gasteiger partial charge in [0.05, 0.1) is 6.20 Å². The summed E-state index contributed by atoms with van der Waals surface area (Å²) in [4.78, 5) is 30.5. The van der Waals surface area contributed by atoms with Crippen molar-refractivity contribution in [3.63, 3.8) is 0 Å². The lowest BCUT2D eigenvalue weighted by Gasteiger charge is -2.06. The number of amides is 1. The highest BCUT2D eigenvalue weighted by Gasteiger charge is 2.10. The molecule has 0 atom stereocenters. The highest BCUT2D eigenvalue weighted by atomic mass is 16.1. The molecular weight excluding hydrogens is 270 g/mol. The Morgan fingerprint density at radius 3 is 2.71 bits per heavy atom. The Hall–Kier alpha value is -2.44. The second-order valence-corrected chi connectivity index (χ2v) is 5.01. The van der Waals surface area contributed by atoms with E-state index in [0.717, 1.165) is 11.3 Å². The highest BCUT2D eigenvalue weighted by molar-refractivity contribution is 5.76. The van der Waals surface area contributed by atoms with E-state index in [1.54, 1.807) is 20.0 Å². The highest BCUT2D eigenvalue weighted by Crippen LogP contribution is 2.04. The summed E-state index contributed by atoms with van der Waals surface area (Å²) in [6.45, 7) is 5.85. The standard InChI is InChI=1S/C14H19N5O2/c1-8-11(7-16-19-8)6-15-13(20)5-4-12-9(2)17-10(3)18-14(12)21/h7H,4-6H2,1-3H3,(H,15,20)(H,16,19)(H,17,18,21). The molecule has 7 heteroatoms. The van der Waals surface area contributed by atoms with Crippen molar-refractivity contribution in [2.75, 3.05) is 0 Å². The van der Waals surface area contributed by atoms with Gasteiger partial charge in [0.1, 0.15) is 5.82 Å². The van der Waals surface area contributed by atoms with Crippen molar-refractivity contribution >= 4 is 5.91 Å². The summed E-state index contributed by atoms with van der Waals surface area (Å²) in [6.07, 6.45) is 2.32. The lowest BCUT2D eigenvalue weighted by Crippen LogP contribution is -2.25. The maximum Gasteiger partial charge on any atom is 0.254 e. The number of nitrogens with one attached hydrogen (secondary N) is 3. The van der Waals surface area contributed by atoms with Crippen LogP contribution >= 0.6 is 0 Å². The van der Waals surface area contributed by atoms with Crippen LogP contribution in [-0.2, 0) is 17.8 Å². The molecule has 0 radical (unpaired) electrons. The van der Waals surface area contributed by atoms with E-state index in [0.29, 0.717) is 30.0 Å². The molecule has 2 rings (SSSR count). The van der Waals surface area contributed by atoms with Crippen molar-refractivity contribution < 1.29 is 4.79 Å². The molecule has 0 aliphatic rings. The van der Waals surface area contributed by atoms with Gasteiger partial charge in [-0.15, -0.1) is 0 Å². The third kappa shape index (κ3) is 3.77. The summed E-state index contributed by atoms with van der Waals surface area (Å²) < 4.78 is 0. The molecule has 1 amide bonds. The first-order valence-corrected chi connectivity index (χ1v) is 6.79. The molecule has 0 aliphatic heterocycles. The van der Waals surface area contributed by atoms with Crippen LogP contribution in [0.2, 0.25) is 0 Å². The fraction of sp³-hybridized carbons (Fsp3) is 0.429. The van der Waals surface area contributed by atoms with E-state index < -0.39 is 0 Å². The van der Waals surface area contributed by atoms with E-state index in [4.69, 9.17) is 0 Å². The van der Waals surface area contributed by atoms with Gasteiger partial charge in [0, 0.05) is 35.5 Å². The third-order valence-electron chi connectivity index (χ3n) is 3.35. The van der Waals surface area contributed by atoms with Crippen molar-refractivity contribution in [2.24, 2.45) is 0 Å². The van der Waals surface area contributed by atoms with Crippen LogP contribution in [0.5, 0.6) is 0 Å². The van der Waals surface area contributed by atoms with E-state index >= 15 is 0 Å². The SMILES string of the molecule is Cc1nc(C)c(CCC(=O)NCc2cn[nH]c2C)c(=O)[nH]1. The van der Waals surface area contributed by atoms with E-state index in [1.165, 1.54) is 0 Å². The molecule has 0 unspecified atom stereocenters. The van der Waals surface area contributed by atoms with Gasteiger partial charge in [-0.05, 0) is 27.2 Å². The van der Waals surface area contributed by atoms with Gasteiger partial charge < -0.3 is 10.3 Å². The number of hydrogen-bond donors (Lipinski definition) is 3. The molecule has 21 heavy (non-hydrogen) atoms. The Bertz CT molecular complexity index is 702. The second kappa shape index (κ2) is 6.34. The van der Waals surface area contributed by atoms with E-state index in [9.17, 15) is 9.59 Å². The monoisotopic (exact) mass is 289 g/mol. The first-order valence-electron chi connectivity index (χ1n) is 6.79. The maximum atomic E-state index is 11.8. The Morgan fingerprint density at radius 2 is 2.10 bits per heavy atom. The Labute approximate surface area is 122 Å². The summed E-state index contributed by atoms with van der Waals surface area (Å²) in [7, 11) is 0. The molecule has 3 N–H and O–H groups in total. The van der Waals surface area contributed by atoms with Crippen LogP contribution in [0, 0.1) is 20.8 Å². The van der Waals surface area contributed by atoms with Crippen LogP contribution in [0.3, 0.4) is 0 Å². The molecule has 2 heterocycles. The van der Waals surface area contributed by atoms with Crippen molar-refractivity contribution in [2.45, 2.75) is 40.2 Å². The molecular formula is C14H19N5O2. The van der Waals surface area contributed by atoms with Gasteiger partial charge in [0.2, 0.25) is 5.91 Å². The van der Waals surface area contributed by atoms with Crippen molar-refractivity contribution in [1.82, 2.24) is 25.5 Å². The zero-order valence-electron chi connectivity index (χ0n) is 12.4. The Morgan fingerprint density at radius 1 is 1.33 bits per heavy atom. The maximum absolute atomic E-state index is 11.8.